The molecule has 1 aliphatic heterocycles. The number of likely N-dealkylation sites (tertiary alicyclic amines) is 1. The number of urea groups is 1. The Morgan fingerprint density at radius 2 is 1.68 bits per heavy atom. The van der Waals surface area contributed by atoms with Crippen LogP contribution in [0.15, 0.2) is 59.5 Å². The molecule has 4 nitrogen and oxygen atoms in total. The number of hydrogen-bond donors (Lipinski definition) is 1. The molecule has 8 heteroatoms. The van der Waals surface area contributed by atoms with Crippen LogP contribution in [-0.4, -0.2) is 29.5 Å². The zero-order valence-electron chi connectivity index (χ0n) is 14.9. The second-order valence-corrected chi connectivity index (χ2v) is 7.69. The molecule has 146 valence electrons. The van der Waals surface area contributed by atoms with Gasteiger partial charge < -0.3 is 10.2 Å². The van der Waals surface area contributed by atoms with Crippen molar-refractivity contribution in [3.05, 3.63) is 60.2 Å². The minimum Gasteiger partial charge on any atom is -0.324 e. The molecule has 1 aliphatic rings. The Balaban J connectivity index is 1.59. The molecule has 3 rings (SSSR count). The molecule has 0 aliphatic carbocycles. The SMILES string of the molecule is N#CC1(c2ccccc2)CCN(C(=O)Nc2ccc(SC(F)(F)F)cc2)CC1. The van der Waals surface area contributed by atoms with Crippen LogP contribution < -0.4 is 5.32 Å². The van der Waals surface area contributed by atoms with Gasteiger partial charge in [-0.25, -0.2) is 4.79 Å². The molecule has 0 spiro atoms. The number of hydrogen-bond acceptors (Lipinski definition) is 3. The van der Waals surface area contributed by atoms with Crippen LogP contribution in [0.5, 0.6) is 0 Å². The number of amides is 2. The highest BCUT2D eigenvalue weighted by atomic mass is 32.2. The smallest absolute Gasteiger partial charge is 0.324 e. The third kappa shape index (κ3) is 4.78. The van der Waals surface area contributed by atoms with E-state index < -0.39 is 10.9 Å². The summed E-state index contributed by atoms with van der Waals surface area (Å²) in [5.41, 5.74) is -3.56. The predicted molar refractivity (Wildman–Crippen MR) is 102 cm³/mol. The summed E-state index contributed by atoms with van der Waals surface area (Å²) in [5.74, 6) is 0. The summed E-state index contributed by atoms with van der Waals surface area (Å²) in [7, 11) is 0. The van der Waals surface area contributed by atoms with E-state index in [4.69, 9.17) is 0 Å². The first-order chi connectivity index (χ1) is 13.3. The van der Waals surface area contributed by atoms with Crippen molar-refractivity contribution in [1.29, 1.82) is 5.26 Å². The van der Waals surface area contributed by atoms with E-state index in [0.717, 1.165) is 5.56 Å². The van der Waals surface area contributed by atoms with Crippen LogP contribution in [0.25, 0.3) is 0 Å². The maximum Gasteiger partial charge on any atom is 0.446 e. The first-order valence-corrected chi connectivity index (χ1v) is 9.51. The average molecular weight is 405 g/mol. The van der Waals surface area contributed by atoms with Gasteiger partial charge in [-0.3, -0.25) is 0 Å². The lowest BCUT2D eigenvalue weighted by atomic mass is 9.74. The molecule has 0 unspecified atom stereocenters. The summed E-state index contributed by atoms with van der Waals surface area (Å²) in [6, 6.07) is 17.2. The average Bonchev–Trinajstić information content (AvgIpc) is 2.69. The van der Waals surface area contributed by atoms with E-state index in [2.05, 4.69) is 11.4 Å². The highest BCUT2D eigenvalue weighted by Gasteiger charge is 2.37. The van der Waals surface area contributed by atoms with Gasteiger partial charge in [-0.15, -0.1) is 0 Å². The molecular weight excluding hydrogens is 387 g/mol. The number of carbonyl (C=O) groups is 1. The Morgan fingerprint density at radius 3 is 2.21 bits per heavy atom. The zero-order valence-corrected chi connectivity index (χ0v) is 15.7. The van der Waals surface area contributed by atoms with Crippen molar-refractivity contribution in [1.82, 2.24) is 4.90 Å². The number of thioether (sulfide) groups is 1. The summed E-state index contributed by atoms with van der Waals surface area (Å²) in [4.78, 5) is 14.1. The zero-order chi connectivity index (χ0) is 20.2. The fourth-order valence-electron chi connectivity index (χ4n) is 3.26. The van der Waals surface area contributed by atoms with Crippen LogP contribution in [0.3, 0.4) is 0 Å². The number of alkyl halides is 3. The van der Waals surface area contributed by atoms with Crippen LogP contribution in [-0.2, 0) is 5.41 Å². The molecule has 0 aromatic heterocycles. The Bertz CT molecular complexity index is 855. The molecule has 0 atom stereocenters. The molecular formula is C20H18F3N3OS. The van der Waals surface area contributed by atoms with Crippen LogP contribution in [0, 0.1) is 11.3 Å². The monoisotopic (exact) mass is 405 g/mol. The number of piperidine rings is 1. The van der Waals surface area contributed by atoms with Crippen molar-refractivity contribution in [2.24, 2.45) is 0 Å². The van der Waals surface area contributed by atoms with Gasteiger partial charge in [0.25, 0.3) is 0 Å². The second kappa shape index (κ2) is 8.15. The number of nitrogens with zero attached hydrogens (tertiary/aromatic N) is 2. The van der Waals surface area contributed by atoms with Crippen LogP contribution in [0.4, 0.5) is 23.7 Å². The number of anilines is 1. The predicted octanol–water partition coefficient (Wildman–Crippen LogP) is 5.39. The fourth-order valence-corrected chi connectivity index (χ4v) is 3.80. The van der Waals surface area contributed by atoms with Gasteiger partial charge >= 0.3 is 11.5 Å². The molecule has 0 saturated carbocycles. The number of rotatable bonds is 3. The lowest BCUT2D eigenvalue weighted by Gasteiger charge is -2.37. The van der Waals surface area contributed by atoms with Gasteiger partial charge in [0, 0.05) is 23.7 Å². The molecule has 0 bridgehead atoms. The van der Waals surface area contributed by atoms with Gasteiger partial charge in [-0.1, -0.05) is 30.3 Å². The lowest BCUT2D eigenvalue weighted by molar-refractivity contribution is -0.0328. The first-order valence-electron chi connectivity index (χ1n) is 8.70. The first kappa shape index (κ1) is 20.1. The van der Waals surface area contributed by atoms with Gasteiger partial charge in [0.05, 0.1) is 11.5 Å². The summed E-state index contributed by atoms with van der Waals surface area (Å²) < 4.78 is 37.1. The van der Waals surface area contributed by atoms with Gasteiger partial charge in [-0.05, 0) is 54.4 Å². The fraction of sp³-hybridized carbons (Fsp3) is 0.300. The van der Waals surface area contributed by atoms with E-state index in [-0.39, 0.29) is 22.7 Å². The van der Waals surface area contributed by atoms with E-state index in [9.17, 15) is 23.2 Å². The van der Waals surface area contributed by atoms with Crippen molar-refractivity contribution in [3.8, 4) is 6.07 Å². The minimum absolute atomic E-state index is 0.0603. The van der Waals surface area contributed by atoms with E-state index in [1.54, 1.807) is 4.90 Å². The van der Waals surface area contributed by atoms with Crippen molar-refractivity contribution in [3.63, 3.8) is 0 Å². The van der Waals surface area contributed by atoms with Crippen molar-refractivity contribution >= 4 is 23.5 Å². The van der Waals surface area contributed by atoms with Gasteiger partial charge in [-0.2, -0.15) is 18.4 Å². The third-order valence-electron chi connectivity index (χ3n) is 4.78. The quantitative estimate of drug-likeness (QED) is 0.697. The normalized spacial score (nSPS) is 16.3. The lowest BCUT2D eigenvalue weighted by Crippen LogP contribution is -2.46. The van der Waals surface area contributed by atoms with Crippen LogP contribution in [0.2, 0.25) is 0 Å². The second-order valence-electron chi connectivity index (χ2n) is 6.55. The number of halogens is 3. The summed E-state index contributed by atoms with van der Waals surface area (Å²) >= 11 is -0.197. The molecule has 1 saturated heterocycles. The van der Waals surface area contributed by atoms with Gasteiger partial charge in [0.2, 0.25) is 0 Å². The van der Waals surface area contributed by atoms with Gasteiger partial charge in [0.1, 0.15) is 0 Å². The Kier molecular flexibility index (Phi) is 5.84. The van der Waals surface area contributed by atoms with Crippen molar-refractivity contribution < 1.29 is 18.0 Å². The van der Waals surface area contributed by atoms with Crippen molar-refractivity contribution in [2.75, 3.05) is 18.4 Å². The van der Waals surface area contributed by atoms with E-state index >= 15 is 0 Å². The number of nitrogens with one attached hydrogen (secondary N) is 1. The maximum absolute atomic E-state index is 12.5. The largest absolute Gasteiger partial charge is 0.446 e. The van der Waals surface area contributed by atoms with Crippen molar-refractivity contribution in [2.45, 2.75) is 28.7 Å². The number of carbonyl (C=O) groups excluding carboxylic acids is 1. The molecule has 28 heavy (non-hydrogen) atoms. The molecule has 1 heterocycles. The standard InChI is InChI=1S/C20H18F3N3OS/c21-20(22,23)28-17-8-6-16(7-9-17)25-18(27)26-12-10-19(14-24,11-13-26)15-4-2-1-3-5-15/h1-9H,10-13H2,(H,25,27). The number of nitriles is 1. The van der Waals surface area contributed by atoms with E-state index in [1.807, 2.05) is 30.3 Å². The molecule has 2 aromatic carbocycles. The van der Waals surface area contributed by atoms with E-state index in [1.165, 1.54) is 24.3 Å². The maximum atomic E-state index is 12.5. The Labute approximate surface area is 165 Å². The molecule has 1 fully saturated rings. The molecule has 1 N–H and O–H groups in total. The summed E-state index contributed by atoms with van der Waals surface area (Å²) in [5, 5.41) is 12.4. The number of benzene rings is 2. The molecule has 2 amide bonds. The summed E-state index contributed by atoms with van der Waals surface area (Å²) in [6.07, 6.45) is 1.06. The molecule has 2 aromatic rings. The Hall–Kier alpha value is -2.66. The highest BCUT2D eigenvalue weighted by Crippen LogP contribution is 2.37. The molecule has 0 radical (unpaired) electrons. The minimum atomic E-state index is -4.34. The van der Waals surface area contributed by atoms with Gasteiger partial charge in [0.15, 0.2) is 0 Å². The summed E-state index contributed by atoms with van der Waals surface area (Å²) in [6.45, 7) is 0.854. The van der Waals surface area contributed by atoms with Crippen LogP contribution >= 0.6 is 11.8 Å². The highest BCUT2D eigenvalue weighted by molar-refractivity contribution is 8.00. The van der Waals surface area contributed by atoms with Crippen LogP contribution in [0.1, 0.15) is 18.4 Å². The third-order valence-corrected chi connectivity index (χ3v) is 5.52. The Morgan fingerprint density at radius 1 is 1.07 bits per heavy atom. The topological polar surface area (TPSA) is 56.1 Å². The van der Waals surface area contributed by atoms with E-state index in [0.29, 0.717) is 31.6 Å².